The summed E-state index contributed by atoms with van der Waals surface area (Å²) in [5.41, 5.74) is 2.92. The summed E-state index contributed by atoms with van der Waals surface area (Å²) in [6, 6.07) is 16.5. The standard InChI is InChI=1S/C36H39N3O4/c40-34(37-29-8-4-7-28(16-29)35(41)42-20-22-5-2-1-3-6-22)32-31(38-33(39-32)30-15-23-9-10-27(30)14-23)21-43-36-17-24-11-25(18-36)13-26(12-24)19-36/h1-10,16,23-27,30H,11-15,17-21H2,(H,37,40)(H,38,39)/t23?,24?,25?,26?,27-,30+,36?/m1/s1. The molecule has 5 saturated carbocycles. The van der Waals surface area contributed by atoms with Crippen LogP contribution < -0.4 is 5.32 Å². The molecule has 7 heteroatoms. The molecular weight excluding hydrogens is 538 g/mol. The first-order chi connectivity index (χ1) is 21.0. The molecular formula is C36H39N3O4. The number of nitrogens with zero attached hydrogens (tertiary/aromatic N) is 1. The minimum absolute atomic E-state index is 0.0582. The largest absolute Gasteiger partial charge is 0.457 e. The van der Waals surface area contributed by atoms with E-state index in [0.717, 1.165) is 60.5 Å². The Morgan fingerprint density at radius 1 is 0.884 bits per heavy atom. The number of allylic oxidation sites excluding steroid dienone is 2. The van der Waals surface area contributed by atoms with E-state index in [1.807, 2.05) is 30.3 Å². The van der Waals surface area contributed by atoms with Gasteiger partial charge in [-0.05, 0) is 105 Å². The lowest BCUT2D eigenvalue weighted by Gasteiger charge is -2.56. The topological polar surface area (TPSA) is 93.3 Å². The summed E-state index contributed by atoms with van der Waals surface area (Å²) in [5.74, 6) is 3.92. The molecule has 222 valence electrons. The van der Waals surface area contributed by atoms with Crippen LogP contribution in [0.1, 0.15) is 95.2 Å². The van der Waals surface area contributed by atoms with E-state index in [1.54, 1.807) is 24.3 Å². The van der Waals surface area contributed by atoms with Gasteiger partial charge < -0.3 is 19.8 Å². The van der Waals surface area contributed by atoms with Crippen LogP contribution >= 0.6 is 0 Å². The fourth-order valence-electron chi connectivity index (χ4n) is 9.15. The zero-order valence-corrected chi connectivity index (χ0v) is 24.5. The van der Waals surface area contributed by atoms with E-state index >= 15 is 0 Å². The minimum Gasteiger partial charge on any atom is -0.457 e. The number of H-pyrrole nitrogens is 1. The van der Waals surface area contributed by atoms with Crippen molar-refractivity contribution in [2.24, 2.45) is 29.6 Å². The van der Waals surface area contributed by atoms with Gasteiger partial charge in [0.1, 0.15) is 12.4 Å². The van der Waals surface area contributed by atoms with Crippen LogP contribution in [0, 0.1) is 29.6 Å². The van der Waals surface area contributed by atoms with E-state index < -0.39 is 5.97 Å². The number of fused-ring (bicyclic) bond motifs is 2. The van der Waals surface area contributed by atoms with Crippen molar-refractivity contribution in [1.29, 1.82) is 0 Å². The molecule has 43 heavy (non-hydrogen) atoms. The normalized spacial score (nSPS) is 31.4. The van der Waals surface area contributed by atoms with Gasteiger partial charge in [-0.3, -0.25) is 4.79 Å². The Hall–Kier alpha value is -3.71. The van der Waals surface area contributed by atoms with Crippen molar-refractivity contribution in [1.82, 2.24) is 9.97 Å². The zero-order chi connectivity index (χ0) is 29.0. The molecule has 6 bridgehead atoms. The van der Waals surface area contributed by atoms with Crippen molar-refractivity contribution in [3.8, 4) is 0 Å². The van der Waals surface area contributed by atoms with Gasteiger partial charge in [0.05, 0.1) is 23.5 Å². The first-order valence-corrected chi connectivity index (χ1v) is 16.0. The third-order valence-corrected chi connectivity index (χ3v) is 10.7. The lowest BCUT2D eigenvalue weighted by atomic mass is 9.54. The van der Waals surface area contributed by atoms with E-state index in [-0.39, 0.29) is 18.1 Å². The number of ether oxygens (including phenoxy) is 2. The second-order valence-electron chi connectivity index (χ2n) is 13.8. The van der Waals surface area contributed by atoms with Crippen LogP contribution in [0.15, 0.2) is 66.7 Å². The van der Waals surface area contributed by atoms with Crippen LogP contribution in [0.2, 0.25) is 0 Å². The summed E-state index contributed by atoms with van der Waals surface area (Å²) in [6.45, 7) is 0.558. The number of amides is 1. The van der Waals surface area contributed by atoms with Gasteiger partial charge >= 0.3 is 5.97 Å². The minimum atomic E-state index is -0.434. The number of imidazole rings is 1. The van der Waals surface area contributed by atoms with Gasteiger partial charge in [-0.2, -0.15) is 0 Å². The Kier molecular flexibility index (Phi) is 6.74. The molecule has 7 nitrogen and oxygen atoms in total. The summed E-state index contributed by atoms with van der Waals surface area (Å²) >= 11 is 0. The van der Waals surface area contributed by atoms with Crippen LogP contribution in [-0.2, 0) is 22.7 Å². The molecule has 3 aromatic rings. The van der Waals surface area contributed by atoms with E-state index in [4.69, 9.17) is 14.5 Å². The van der Waals surface area contributed by atoms with Crippen LogP contribution in [0.5, 0.6) is 0 Å². The monoisotopic (exact) mass is 577 g/mol. The summed E-state index contributed by atoms with van der Waals surface area (Å²) in [5, 5.41) is 3.00. The number of benzene rings is 2. The van der Waals surface area contributed by atoms with Crippen molar-refractivity contribution in [3.05, 3.63) is 95.1 Å². The molecule has 1 amide bonds. The molecule has 0 saturated heterocycles. The molecule has 1 heterocycles. The van der Waals surface area contributed by atoms with Gasteiger partial charge in [0.25, 0.3) is 5.91 Å². The van der Waals surface area contributed by atoms with E-state index in [2.05, 4.69) is 22.5 Å². The van der Waals surface area contributed by atoms with Crippen molar-refractivity contribution in [3.63, 3.8) is 0 Å². The maximum Gasteiger partial charge on any atom is 0.338 e. The smallest absolute Gasteiger partial charge is 0.338 e. The summed E-state index contributed by atoms with van der Waals surface area (Å²) < 4.78 is 12.3. The van der Waals surface area contributed by atoms with Gasteiger partial charge in [0.2, 0.25) is 0 Å². The summed E-state index contributed by atoms with van der Waals surface area (Å²) in [7, 11) is 0. The number of carbonyl (C=O) groups is 2. The summed E-state index contributed by atoms with van der Waals surface area (Å²) in [6.07, 6.45) is 14.4. The van der Waals surface area contributed by atoms with Gasteiger partial charge in [0.15, 0.2) is 5.69 Å². The summed E-state index contributed by atoms with van der Waals surface area (Å²) in [4.78, 5) is 35.0. The van der Waals surface area contributed by atoms with E-state index in [9.17, 15) is 9.59 Å². The van der Waals surface area contributed by atoms with Crippen LogP contribution in [0.3, 0.4) is 0 Å². The van der Waals surface area contributed by atoms with Gasteiger partial charge in [-0.15, -0.1) is 0 Å². The maximum atomic E-state index is 13.8. The van der Waals surface area contributed by atoms with Crippen molar-refractivity contribution in [2.45, 2.75) is 76.1 Å². The average molecular weight is 578 g/mol. The molecule has 0 spiro atoms. The zero-order valence-electron chi connectivity index (χ0n) is 24.5. The Balaban J connectivity index is 1.00. The van der Waals surface area contributed by atoms with Crippen LogP contribution in [-0.4, -0.2) is 27.4 Å². The van der Waals surface area contributed by atoms with Gasteiger partial charge in [-0.1, -0.05) is 48.6 Å². The van der Waals surface area contributed by atoms with Gasteiger partial charge in [-0.25, -0.2) is 9.78 Å². The number of aromatic nitrogens is 2. The number of hydrogen-bond donors (Lipinski definition) is 2. The number of hydrogen-bond acceptors (Lipinski definition) is 5. The Morgan fingerprint density at radius 2 is 1.65 bits per heavy atom. The van der Waals surface area contributed by atoms with Crippen LogP contribution in [0.4, 0.5) is 5.69 Å². The molecule has 2 N–H and O–H groups in total. The number of carbonyl (C=O) groups excluding carboxylic acids is 2. The molecule has 2 aromatic carbocycles. The second-order valence-corrected chi connectivity index (χ2v) is 13.8. The molecule has 3 atom stereocenters. The highest BCUT2D eigenvalue weighted by atomic mass is 16.5. The Bertz CT molecular complexity index is 1520. The molecule has 0 radical (unpaired) electrons. The number of aromatic amines is 1. The lowest BCUT2D eigenvalue weighted by molar-refractivity contribution is -0.169. The maximum absolute atomic E-state index is 13.8. The third kappa shape index (κ3) is 5.33. The highest BCUT2D eigenvalue weighted by Crippen LogP contribution is 2.57. The Morgan fingerprint density at radius 3 is 2.35 bits per heavy atom. The highest BCUT2D eigenvalue weighted by molar-refractivity contribution is 6.04. The third-order valence-electron chi connectivity index (χ3n) is 10.7. The van der Waals surface area contributed by atoms with E-state index in [0.29, 0.717) is 41.3 Å². The molecule has 5 fully saturated rings. The lowest BCUT2D eigenvalue weighted by Crippen LogP contribution is -2.51. The fourth-order valence-corrected chi connectivity index (χ4v) is 9.15. The first kappa shape index (κ1) is 26.9. The van der Waals surface area contributed by atoms with Gasteiger partial charge in [0, 0.05) is 11.6 Å². The van der Waals surface area contributed by atoms with Crippen molar-refractivity contribution < 1.29 is 19.1 Å². The van der Waals surface area contributed by atoms with E-state index in [1.165, 1.54) is 25.7 Å². The predicted octanol–water partition coefficient (Wildman–Crippen LogP) is 7.18. The first-order valence-electron chi connectivity index (χ1n) is 16.0. The molecule has 9 rings (SSSR count). The predicted molar refractivity (Wildman–Crippen MR) is 162 cm³/mol. The number of rotatable bonds is 9. The number of nitrogens with one attached hydrogen (secondary N) is 2. The number of anilines is 1. The molecule has 6 aliphatic rings. The van der Waals surface area contributed by atoms with Crippen molar-refractivity contribution >= 4 is 17.6 Å². The number of esters is 1. The van der Waals surface area contributed by atoms with Crippen LogP contribution in [0.25, 0.3) is 0 Å². The highest BCUT2D eigenvalue weighted by Gasteiger charge is 2.52. The SMILES string of the molecule is O=C(OCc1ccccc1)c1cccc(NC(=O)c2nc([C@H]3CC4C=C[C@@H]3C4)[nH]c2COC23CC4CC(CC(C4)C2)C3)c1. The molecule has 1 aromatic heterocycles. The second kappa shape index (κ2) is 10.8. The van der Waals surface area contributed by atoms with Crippen molar-refractivity contribution in [2.75, 3.05) is 5.32 Å². The molecule has 1 unspecified atom stereocenters. The average Bonchev–Trinajstić information content (AvgIpc) is 3.75. The quantitative estimate of drug-likeness (QED) is 0.208. The fraction of sp³-hybridized carbons (Fsp3) is 0.472. The molecule has 6 aliphatic carbocycles. The molecule has 0 aliphatic heterocycles. The Labute approximate surface area is 252 Å².